The van der Waals surface area contributed by atoms with Crippen LogP contribution in [-0.2, 0) is 21.5 Å². The first-order valence-electron chi connectivity index (χ1n) is 19.0. The van der Waals surface area contributed by atoms with Gasteiger partial charge in [-0.05, 0) is 92.0 Å². The molecule has 14 nitrogen and oxygen atoms in total. The van der Waals surface area contributed by atoms with Crippen molar-refractivity contribution in [3.05, 3.63) is 90.3 Å². The molecule has 1 unspecified atom stereocenters. The van der Waals surface area contributed by atoms with E-state index in [1.807, 2.05) is 24.0 Å². The average Bonchev–Trinajstić information content (AvgIpc) is 3.94. The van der Waals surface area contributed by atoms with Crippen molar-refractivity contribution in [2.75, 3.05) is 70.5 Å². The third kappa shape index (κ3) is 9.39. The Labute approximate surface area is 333 Å². The fraction of sp³-hybridized carbons (Fsp3) is 0.450. The summed E-state index contributed by atoms with van der Waals surface area (Å²) in [5.41, 5.74) is 4.21. The molecular formula is C40H50LiN9O5. The van der Waals surface area contributed by atoms with E-state index in [-0.39, 0.29) is 43.2 Å². The van der Waals surface area contributed by atoms with E-state index < -0.39 is 5.97 Å². The van der Waals surface area contributed by atoms with Crippen molar-refractivity contribution >= 4 is 47.7 Å². The third-order valence-corrected chi connectivity index (χ3v) is 10.7. The van der Waals surface area contributed by atoms with Crippen LogP contribution in [0.5, 0.6) is 5.75 Å². The summed E-state index contributed by atoms with van der Waals surface area (Å²) < 4.78 is 15.6. The summed E-state index contributed by atoms with van der Waals surface area (Å²) in [6, 6.07) is 24.2. The predicted molar refractivity (Wildman–Crippen MR) is 211 cm³/mol. The molecule has 5 aromatic rings. The van der Waals surface area contributed by atoms with Crippen molar-refractivity contribution in [3.63, 3.8) is 0 Å². The van der Waals surface area contributed by atoms with Crippen LogP contribution < -0.4 is 9.64 Å². The van der Waals surface area contributed by atoms with Crippen LogP contribution in [0.25, 0.3) is 16.7 Å². The number of likely N-dealkylation sites (tertiary alicyclic amines) is 1. The van der Waals surface area contributed by atoms with Gasteiger partial charge >= 0.3 is 24.8 Å². The monoisotopic (exact) mass is 743 g/mol. The number of aromatic nitrogens is 6. The van der Waals surface area contributed by atoms with Gasteiger partial charge in [0.05, 0.1) is 35.5 Å². The first-order valence-corrected chi connectivity index (χ1v) is 19.0. The molecule has 1 amide bonds. The zero-order valence-corrected chi connectivity index (χ0v) is 30.9. The summed E-state index contributed by atoms with van der Waals surface area (Å²) in [4.78, 5) is 37.5. The van der Waals surface area contributed by atoms with Gasteiger partial charge in [-0.1, -0.05) is 42.5 Å². The zero-order valence-electron chi connectivity index (χ0n) is 30.9. The number of amides is 1. The first kappa shape index (κ1) is 39.9. The van der Waals surface area contributed by atoms with Gasteiger partial charge in [0.25, 0.3) is 5.91 Å². The SMILES string of the molecule is CCOCCn1c(N2CCCN(CCC3(c4ccccc4)CCN(C(=O)c4cc(-n5cnnn5)ccc4OCCCC(=O)O)C3)CC2)nc2ccccc21.[LiH]. The molecule has 2 aliphatic rings. The number of rotatable bonds is 16. The topological polar surface area (TPSA) is 144 Å². The van der Waals surface area contributed by atoms with Gasteiger partial charge in [-0.2, -0.15) is 0 Å². The maximum atomic E-state index is 14.4. The molecule has 0 spiro atoms. The molecule has 286 valence electrons. The summed E-state index contributed by atoms with van der Waals surface area (Å²) in [6.07, 6.45) is 4.59. The third-order valence-electron chi connectivity index (χ3n) is 10.7. The van der Waals surface area contributed by atoms with Gasteiger partial charge in [-0.15, -0.1) is 5.10 Å². The molecule has 1 atom stereocenters. The minimum atomic E-state index is -0.884. The number of tetrazole rings is 1. The Balaban J connectivity index is 0.00000514. The summed E-state index contributed by atoms with van der Waals surface area (Å²) >= 11 is 0. The number of carboxylic acids is 1. The van der Waals surface area contributed by atoms with Gasteiger partial charge in [0.15, 0.2) is 0 Å². The van der Waals surface area contributed by atoms with Gasteiger partial charge in [0.1, 0.15) is 12.1 Å². The molecule has 2 saturated heterocycles. The zero-order chi connectivity index (χ0) is 37.3. The summed E-state index contributed by atoms with van der Waals surface area (Å²) in [5, 5.41) is 20.6. The van der Waals surface area contributed by atoms with E-state index in [1.54, 1.807) is 18.2 Å². The Morgan fingerprint density at radius 2 is 1.76 bits per heavy atom. The molecule has 0 bridgehead atoms. The molecule has 2 aromatic heterocycles. The number of imidazole rings is 1. The van der Waals surface area contributed by atoms with Crippen molar-refractivity contribution in [2.24, 2.45) is 0 Å². The predicted octanol–water partition coefficient (Wildman–Crippen LogP) is 4.03. The van der Waals surface area contributed by atoms with Gasteiger partial charge < -0.3 is 33.8 Å². The summed E-state index contributed by atoms with van der Waals surface area (Å²) in [5.74, 6) is 0.413. The molecule has 2 fully saturated rings. The second-order valence-electron chi connectivity index (χ2n) is 14.1. The van der Waals surface area contributed by atoms with Crippen molar-refractivity contribution in [3.8, 4) is 11.4 Å². The minimum absolute atomic E-state index is 0. The second-order valence-corrected chi connectivity index (χ2v) is 14.1. The van der Waals surface area contributed by atoms with E-state index in [0.717, 1.165) is 75.5 Å². The van der Waals surface area contributed by atoms with Crippen LogP contribution in [0.1, 0.15) is 54.9 Å². The second kappa shape index (κ2) is 18.7. The number of anilines is 1. The maximum absolute atomic E-state index is 14.4. The Kier molecular flexibility index (Phi) is 13.6. The molecule has 0 radical (unpaired) electrons. The Hall–Kier alpha value is -4.74. The number of carbonyl (C=O) groups excluding carboxylic acids is 1. The standard InChI is InChI=1S/C40H49N9O5.Li.H/c1-2-53-27-25-48-35-13-7-6-12-34(35)42-39(48)46-20-9-19-45(23-24-46)21-17-40(31-10-4-3-5-11-31)18-22-47(29-40)38(52)33-28-32(49-30-41-43-44-49)15-16-36(33)54-26-8-14-37(50)51;;/h3-7,10-13,15-16,28,30H,2,8-9,14,17-27,29H2,1H3,(H,50,51);;. The summed E-state index contributed by atoms with van der Waals surface area (Å²) in [7, 11) is 0. The molecule has 1 N–H and O–H groups in total. The molecule has 15 heteroatoms. The molecule has 0 saturated carbocycles. The van der Waals surface area contributed by atoms with Crippen LogP contribution in [0.4, 0.5) is 5.95 Å². The van der Waals surface area contributed by atoms with Gasteiger partial charge in [-0.3, -0.25) is 9.59 Å². The molecule has 3 aromatic carbocycles. The number of fused-ring (bicyclic) bond motifs is 1. The van der Waals surface area contributed by atoms with E-state index >= 15 is 0 Å². The van der Waals surface area contributed by atoms with E-state index in [9.17, 15) is 9.59 Å². The van der Waals surface area contributed by atoms with E-state index in [2.05, 4.69) is 72.4 Å². The number of ether oxygens (including phenoxy) is 2. The van der Waals surface area contributed by atoms with Gasteiger partial charge in [-0.25, -0.2) is 9.67 Å². The fourth-order valence-corrected chi connectivity index (χ4v) is 7.82. The number of carboxylic acid groups (broad SMARTS) is 1. The molecule has 7 rings (SSSR count). The number of para-hydroxylation sites is 2. The average molecular weight is 744 g/mol. The van der Waals surface area contributed by atoms with Crippen LogP contribution >= 0.6 is 0 Å². The van der Waals surface area contributed by atoms with E-state index in [4.69, 9.17) is 19.6 Å². The van der Waals surface area contributed by atoms with Crippen LogP contribution in [0, 0.1) is 0 Å². The summed E-state index contributed by atoms with van der Waals surface area (Å²) in [6.45, 7) is 10.1. The number of aliphatic carboxylic acids is 1. The first-order chi connectivity index (χ1) is 26.4. The Morgan fingerprint density at radius 1 is 0.927 bits per heavy atom. The molecule has 2 aliphatic heterocycles. The van der Waals surface area contributed by atoms with Crippen LogP contribution in [0.15, 0.2) is 79.1 Å². The van der Waals surface area contributed by atoms with Crippen molar-refractivity contribution < 1.29 is 24.2 Å². The molecule has 4 heterocycles. The van der Waals surface area contributed by atoms with Crippen molar-refractivity contribution in [2.45, 2.75) is 51.0 Å². The number of benzene rings is 3. The van der Waals surface area contributed by atoms with E-state index in [0.29, 0.717) is 49.7 Å². The fourth-order valence-electron chi connectivity index (χ4n) is 7.82. The van der Waals surface area contributed by atoms with Crippen LogP contribution in [0.2, 0.25) is 0 Å². The van der Waals surface area contributed by atoms with Crippen molar-refractivity contribution in [1.82, 2.24) is 39.6 Å². The number of carbonyl (C=O) groups is 2. The number of hydrogen-bond donors (Lipinski definition) is 1. The molecular weight excluding hydrogens is 693 g/mol. The Morgan fingerprint density at radius 3 is 2.56 bits per heavy atom. The van der Waals surface area contributed by atoms with Gasteiger partial charge in [0.2, 0.25) is 5.95 Å². The van der Waals surface area contributed by atoms with E-state index in [1.165, 1.54) is 16.6 Å². The number of nitrogens with zero attached hydrogens (tertiary/aromatic N) is 9. The normalized spacial score (nSPS) is 17.6. The molecule has 0 aliphatic carbocycles. The quantitative estimate of drug-likeness (QED) is 0.116. The van der Waals surface area contributed by atoms with Crippen LogP contribution in [0.3, 0.4) is 0 Å². The van der Waals surface area contributed by atoms with Gasteiger partial charge in [0, 0.05) is 57.7 Å². The Bertz CT molecular complexity index is 2010. The number of hydrogen-bond acceptors (Lipinski definition) is 10. The molecule has 55 heavy (non-hydrogen) atoms. The van der Waals surface area contributed by atoms with Crippen molar-refractivity contribution in [1.29, 1.82) is 0 Å². The van der Waals surface area contributed by atoms with Crippen LogP contribution in [-0.4, -0.2) is 141 Å².